The van der Waals surface area contributed by atoms with E-state index in [0.29, 0.717) is 17.5 Å². The first-order valence-electron chi connectivity index (χ1n) is 19.8. The van der Waals surface area contributed by atoms with Crippen molar-refractivity contribution < 1.29 is 0 Å². The first-order chi connectivity index (χ1) is 28.5. The van der Waals surface area contributed by atoms with Crippen LogP contribution in [0.4, 0.5) is 0 Å². The van der Waals surface area contributed by atoms with Crippen LogP contribution >= 0.6 is 11.3 Å². The van der Waals surface area contributed by atoms with Crippen molar-refractivity contribution in [2.24, 2.45) is 0 Å². The molecule has 0 spiro atoms. The predicted octanol–water partition coefficient (Wildman–Crippen LogP) is 14.5. The van der Waals surface area contributed by atoms with Crippen LogP contribution in [0.25, 0.3) is 98.8 Å². The second-order valence-electron chi connectivity index (χ2n) is 15.6. The first kappa shape index (κ1) is 34.3. The third kappa shape index (κ3) is 5.68. The third-order valence-corrected chi connectivity index (χ3v) is 13.0. The highest BCUT2D eigenvalue weighted by molar-refractivity contribution is 7.26. The summed E-state index contributed by atoms with van der Waals surface area (Å²) in [5, 5.41) is 2.53. The van der Waals surface area contributed by atoms with Gasteiger partial charge in [0.15, 0.2) is 17.5 Å². The van der Waals surface area contributed by atoms with E-state index in [1.165, 1.54) is 70.2 Å². The minimum atomic E-state index is -0.0691. The molecular weight excluding hydrogens is 723 g/mol. The molecule has 0 N–H and O–H groups in total. The maximum Gasteiger partial charge on any atom is 0.164 e. The number of hydrogen-bond donors (Lipinski definition) is 0. The second-order valence-corrected chi connectivity index (χ2v) is 16.6. The van der Waals surface area contributed by atoms with Gasteiger partial charge in [-0.1, -0.05) is 178 Å². The van der Waals surface area contributed by atoms with Gasteiger partial charge in [0.05, 0.1) is 0 Å². The number of thiophene rings is 1. The molecule has 8 aromatic carbocycles. The molecule has 0 aliphatic heterocycles. The molecule has 0 unspecified atom stereocenters. The Hall–Kier alpha value is -7.01. The number of hydrogen-bond acceptors (Lipinski definition) is 4. The van der Waals surface area contributed by atoms with Crippen molar-refractivity contribution in [3.63, 3.8) is 0 Å². The zero-order chi connectivity index (χ0) is 38.8. The predicted molar refractivity (Wildman–Crippen MR) is 243 cm³/mol. The average molecular weight is 760 g/mol. The van der Waals surface area contributed by atoms with Crippen LogP contribution in [-0.4, -0.2) is 15.0 Å². The fourth-order valence-corrected chi connectivity index (χ4v) is 10.1. The highest BCUT2D eigenvalue weighted by Gasteiger charge is 2.35. The van der Waals surface area contributed by atoms with Crippen molar-refractivity contribution in [3.8, 4) is 78.7 Å². The van der Waals surface area contributed by atoms with Crippen LogP contribution in [0.3, 0.4) is 0 Å². The van der Waals surface area contributed by atoms with Crippen molar-refractivity contribution in [2.45, 2.75) is 19.3 Å². The first-order valence-corrected chi connectivity index (χ1v) is 20.6. The largest absolute Gasteiger partial charge is 0.208 e. The summed E-state index contributed by atoms with van der Waals surface area (Å²) in [5.41, 5.74) is 15.5. The molecule has 0 saturated carbocycles. The lowest BCUT2D eigenvalue weighted by atomic mass is 9.81. The van der Waals surface area contributed by atoms with Gasteiger partial charge in [0.25, 0.3) is 0 Å². The fourth-order valence-electron chi connectivity index (χ4n) is 8.77. The number of nitrogens with zero attached hydrogens (tertiary/aromatic N) is 3. The Bertz CT molecular complexity index is 3130. The Morgan fingerprint density at radius 3 is 1.57 bits per heavy atom. The van der Waals surface area contributed by atoms with Gasteiger partial charge in [0, 0.05) is 47.8 Å². The molecule has 1 aliphatic carbocycles. The van der Waals surface area contributed by atoms with Crippen molar-refractivity contribution >= 4 is 31.5 Å². The van der Waals surface area contributed by atoms with Crippen LogP contribution in [0.15, 0.2) is 188 Å². The molecule has 0 radical (unpaired) electrons. The van der Waals surface area contributed by atoms with E-state index in [1.54, 1.807) is 0 Å². The van der Waals surface area contributed by atoms with E-state index in [-0.39, 0.29) is 5.41 Å². The van der Waals surface area contributed by atoms with E-state index in [4.69, 9.17) is 15.0 Å². The van der Waals surface area contributed by atoms with E-state index in [2.05, 4.69) is 141 Å². The van der Waals surface area contributed by atoms with Crippen molar-refractivity contribution in [2.75, 3.05) is 0 Å². The van der Waals surface area contributed by atoms with Gasteiger partial charge in [-0.25, -0.2) is 15.0 Å². The minimum Gasteiger partial charge on any atom is -0.208 e. The van der Waals surface area contributed by atoms with E-state index >= 15 is 0 Å². The van der Waals surface area contributed by atoms with Crippen LogP contribution < -0.4 is 0 Å². The Kier molecular flexibility index (Phi) is 8.02. The van der Waals surface area contributed by atoms with E-state index in [0.717, 1.165) is 22.3 Å². The second kappa shape index (κ2) is 13.6. The molecule has 0 saturated heterocycles. The number of aromatic nitrogens is 3. The fraction of sp³-hybridized carbons (Fsp3) is 0.0556. The number of benzene rings is 8. The van der Waals surface area contributed by atoms with Crippen LogP contribution in [0.5, 0.6) is 0 Å². The molecule has 0 amide bonds. The lowest BCUT2D eigenvalue weighted by Crippen LogP contribution is -2.14. The molecule has 0 atom stereocenters. The van der Waals surface area contributed by atoms with Gasteiger partial charge in [-0.2, -0.15) is 0 Å². The van der Waals surface area contributed by atoms with Crippen LogP contribution in [0, 0.1) is 0 Å². The quantitative estimate of drug-likeness (QED) is 0.169. The normalized spacial score (nSPS) is 12.8. The summed E-state index contributed by atoms with van der Waals surface area (Å²) in [5.74, 6) is 1.96. The summed E-state index contributed by atoms with van der Waals surface area (Å²) in [7, 11) is 0. The van der Waals surface area contributed by atoms with Gasteiger partial charge in [0.2, 0.25) is 0 Å². The van der Waals surface area contributed by atoms with Crippen LogP contribution in [0.2, 0.25) is 0 Å². The summed E-state index contributed by atoms with van der Waals surface area (Å²) in [4.78, 5) is 15.0. The molecule has 1 aliphatic rings. The highest BCUT2D eigenvalue weighted by atomic mass is 32.1. The molecular formula is C54H37N3S. The monoisotopic (exact) mass is 759 g/mol. The molecule has 3 nitrogen and oxygen atoms in total. The molecule has 4 heteroatoms. The lowest BCUT2D eigenvalue weighted by Gasteiger charge is -2.22. The summed E-state index contributed by atoms with van der Waals surface area (Å²) < 4.78 is 2.56. The lowest BCUT2D eigenvalue weighted by molar-refractivity contribution is 0.660. The van der Waals surface area contributed by atoms with Crippen molar-refractivity contribution in [1.29, 1.82) is 0 Å². The zero-order valence-corrected chi connectivity index (χ0v) is 33.0. The molecule has 2 aromatic heterocycles. The van der Waals surface area contributed by atoms with E-state index in [1.807, 2.05) is 72.0 Å². The van der Waals surface area contributed by atoms with Gasteiger partial charge in [-0.05, 0) is 74.3 Å². The number of rotatable bonds is 6. The summed E-state index contributed by atoms with van der Waals surface area (Å²) in [6, 6.07) is 67.3. The molecule has 11 rings (SSSR count). The van der Waals surface area contributed by atoms with Crippen molar-refractivity contribution in [1.82, 2.24) is 15.0 Å². The average Bonchev–Trinajstić information content (AvgIpc) is 3.78. The van der Waals surface area contributed by atoms with E-state index in [9.17, 15) is 0 Å². The van der Waals surface area contributed by atoms with Gasteiger partial charge >= 0.3 is 0 Å². The Morgan fingerprint density at radius 2 is 0.862 bits per heavy atom. The maximum atomic E-state index is 5.04. The third-order valence-electron chi connectivity index (χ3n) is 11.7. The minimum absolute atomic E-state index is 0.0691. The van der Waals surface area contributed by atoms with Gasteiger partial charge in [-0.15, -0.1) is 11.3 Å². The Balaban J connectivity index is 1.07. The zero-order valence-electron chi connectivity index (χ0n) is 32.1. The Morgan fingerprint density at radius 1 is 0.328 bits per heavy atom. The SMILES string of the molecule is CC1(C)c2ccccc2-c2ccc(-c3cc(-c4ccccc4)c4sc5c(-c6cccc(-c7nc(-c8ccccc8)nc(-c8ccccc8)n7)c6)cccc5c4c3)cc21. The maximum absolute atomic E-state index is 5.04. The molecule has 10 aromatic rings. The van der Waals surface area contributed by atoms with Gasteiger partial charge < -0.3 is 0 Å². The van der Waals surface area contributed by atoms with Gasteiger partial charge in [-0.3, -0.25) is 0 Å². The molecule has 58 heavy (non-hydrogen) atoms. The summed E-state index contributed by atoms with van der Waals surface area (Å²) in [6.07, 6.45) is 0. The van der Waals surface area contributed by atoms with E-state index < -0.39 is 0 Å². The smallest absolute Gasteiger partial charge is 0.164 e. The van der Waals surface area contributed by atoms with Gasteiger partial charge in [0.1, 0.15) is 0 Å². The number of fused-ring (bicyclic) bond motifs is 6. The topological polar surface area (TPSA) is 38.7 Å². The van der Waals surface area contributed by atoms with Crippen LogP contribution in [0.1, 0.15) is 25.0 Å². The summed E-state index contributed by atoms with van der Waals surface area (Å²) >= 11 is 1.88. The molecule has 2 heterocycles. The van der Waals surface area contributed by atoms with Crippen LogP contribution in [-0.2, 0) is 5.41 Å². The molecule has 0 bridgehead atoms. The molecule has 0 fully saturated rings. The summed E-state index contributed by atoms with van der Waals surface area (Å²) in [6.45, 7) is 4.71. The standard InChI is InChI=1S/C54H37N3S/c1-54(2)47-27-13-12-24-42(47)43-29-28-37(33-48(43)54)40-31-45(34-16-6-3-7-17-34)50-46(32-40)44-26-15-25-41(49(44)58-50)38-22-14-23-39(30-38)53-56-51(35-18-8-4-9-19-35)55-52(57-53)36-20-10-5-11-21-36/h3-33H,1-2H3. The molecule has 274 valence electrons. The highest BCUT2D eigenvalue weighted by Crippen LogP contribution is 2.51. The Labute approximate surface area is 342 Å². The van der Waals surface area contributed by atoms with Crippen molar-refractivity contribution in [3.05, 3.63) is 199 Å².